The van der Waals surface area contributed by atoms with Gasteiger partial charge in [-0.2, -0.15) is 0 Å². The standard InChI is InChI=1S/C24H32N4O4/c1-18(26-23(29)31-16-19-7-3-2-4-8-19)15-28-13-11-20(12-14-28)17-32-24(30)27-22-10-6-5-9-21(22)25/h2-10,18,20H,11-17,25H2,1H3,(H,26,29)(H,27,30)/t18-/m0/s1. The van der Waals surface area contributed by atoms with Gasteiger partial charge in [-0.15, -0.1) is 0 Å². The highest BCUT2D eigenvalue weighted by Gasteiger charge is 2.22. The van der Waals surface area contributed by atoms with Crippen LogP contribution in [-0.2, 0) is 16.1 Å². The number of rotatable bonds is 8. The van der Waals surface area contributed by atoms with Crippen molar-refractivity contribution in [2.45, 2.75) is 32.4 Å². The third kappa shape index (κ3) is 7.77. The van der Waals surface area contributed by atoms with Gasteiger partial charge in [-0.1, -0.05) is 42.5 Å². The molecule has 3 rings (SSSR count). The topological polar surface area (TPSA) is 106 Å². The van der Waals surface area contributed by atoms with Crippen molar-refractivity contribution in [3.8, 4) is 0 Å². The molecule has 2 amide bonds. The molecule has 8 nitrogen and oxygen atoms in total. The fourth-order valence-electron chi connectivity index (χ4n) is 3.69. The minimum absolute atomic E-state index is 0.0202. The molecule has 172 valence electrons. The van der Waals surface area contributed by atoms with Crippen LogP contribution in [0.15, 0.2) is 54.6 Å². The van der Waals surface area contributed by atoms with Crippen LogP contribution in [0.1, 0.15) is 25.3 Å². The molecule has 1 saturated heterocycles. The molecule has 32 heavy (non-hydrogen) atoms. The lowest BCUT2D eigenvalue weighted by molar-refractivity contribution is 0.0995. The number of alkyl carbamates (subject to hydrolysis) is 1. The summed E-state index contributed by atoms with van der Waals surface area (Å²) < 4.78 is 10.7. The van der Waals surface area contributed by atoms with E-state index >= 15 is 0 Å². The van der Waals surface area contributed by atoms with Gasteiger partial charge in [0.2, 0.25) is 0 Å². The second-order valence-electron chi connectivity index (χ2n) is 8.16. The number of benzene rings is 2. The summed E-state index contributed by atoms with van der Waals surface area (Å²) in [5.74, 6) is 0.323. The Bertz CT molecular complexity index is 869. The fourth-order valence-corrected chi connectivity index (χ4v) is 3.69. The number of nitrogen functional groups attached to an aromatic ring is 1. The largest absolute Gasteiger partial charge is 0.449 e. The molecule has 2 aromatic rings. The van der Waals surface area contributed by atoms with Crippen molar-refractivity contribution in [3.63, 3.8) is 0 Å². The first-order valence-electron chi connectivity index (χ1n) is 11.0. The minimum Gasteiger partial charge on any atom is -0.449 e. The van der Waals surface area contributed by atoms with Gasteiger partial charge in [0.25, 0.3) is 0 Å². The Morgan fingerprint density at radius 3 is 2.44 bits per heavy atom. The van der Waals surface area contributed by atoms with Crippen molar-refractivity contribution in [2.75, 3.05) is 37.3 Å². The molecule has 0 saturated carbocycles. The van der Waals surface area contributed by atoms with E-state index < -0.39 is 12.2 Å². The lowest BCUT2D eigenvalue weighted by Crippen LogP contribution is -2.45. The summed E-state index contributed by atoms with van der Waals surface area (Å²) in [5.41, 5.74) is 7.84. The summed E-state index contributed by atoms with van der Waals surface area (Å²) in [6.45, 7) is 5.15. The number of anilines is 2. The average Bonchev–Trinajstić information content (AvgIpc) is 2.79. The number of hydrogen-bond donors (Lipinski definition) is 3. The van der Waals surface area contributed by atoms with Crippen molar-refractivity contribution < 1.29 is 19.1 Å². The van der Waals surface area contributed by atoms with Gasteiger partial charge in [0.1, 0.15) is 6.61 Å². The van der Waals surface area contributed by atoms with E-state index in [4.69, 9.17) is 15.2 Å². The number of carbonyl (C=O) groups is 2. The molecule has 0 aromatic heterocycles. The molecule has 0 spiro atoms. The molecule has 0 aliphatic carbocycles. The number of para-hydroxylation sites is 2. The Kier molecular flexibility index (Phi) is 8.74. The van der Waals surface area contributed by atoms with Crippen LogP contribution in [-0.4, -0.2) is 49.4 Å². The van der Waals surface area contributed by atoms with E-state index in [9.17, 15) is 9.59 Å². The second-order valence-corrected chi connectivity index (χ2v) is 8.16. The molecular formula is C24H32N4O4. The Hall–Kier alpha value is -3.26. The first-order valence-corrected chi connectivity index (χ1v) is 11.0. The SMILES string of the molecule is C[C@@H](CN1CCC(COC(=O)Nc2ccccc2N)CC1)NC(=O)OCc1ccccc1. The Morgan fingerprint density at radius 2 is 1.72 bits per heavy atom. The number of nitrogens with one attached hydrogen (secondary N) is 2. The Labute approximate surface area is 189 Å². The van der Waals surface area contributed by atoms with E-state index in [-0.39, 0.29) is 12.6 Å². The molecule has 8 heteroatoms. The third-order valence-corrected chi connectivity index (χ3v) is 5.46. The number of nitrogens with zero attached hydrogens (tertiary/aromatic N) is 1. The average molecular weight is 441 g/mol. The van der Waals surface area contributed by atoms with E-state index in [0.717, 1.165) is 38.0 Å². The summed E-state index contributed by atoms with van der Waals surface area (Å²) in [5, 5.41) is 5.56. The van der Waals surface area contributed by atoms with Gasteiger partial charge in [-0.05, 0) is 56.5 Å². The zero-order valence-electron chi connectivity index (χ0n) is 18.5. The van der Waals surface area contributed by atoms with Crippen LogP contribution < -0.4 is 16.4 Å². The van der Waals surface area contributed by atoms with E-state index in [1.165, 1.54) is 0 Å². The smallest absolute Gasteiger partial charge is 0.411 e. The molecule has 1 fully saturated rings. The maximum absolute atomic E-state index is 12.0. The summed E-state index contributed by atoms with van der Waals surface area (Å²) in [4.78, 5) is 26.3. The van der Waals surface area contributed by atoms with Crippen LogP contribution in [0.4, 0.5) is 21.0 Å². The zero-order chi connectivity index (χ0) is 22.8. The Balaban J connectivity index is 1.29. The molecular weight excluding hydrogens is 408 g/mol. The summed E-state index contributed by atoms with van der Waals surface area (Å²) in [6, 6.07) is 16.7. The van der Waals surface area contributed by atoms with Gasteiger partial charge in [0.15, 0.2) is 0 Å². The highest BCUT2D eigenvalue weighted by Crippen LogP contribution is 2.19. The van der Waals surface area contributed by atoms with Gasteiger partial charge in [0.05, 0.1) is 18.0 Å². The summed E-state index contributed by atoms with van der Waals surface area (Å²) in [7, 11) is 0. The van der Waals surface area contributed by atoms with E-state index in [0.29, 0.717) is 23.9 Å². The first-order chi connectivity index (χ1) is 15.5. The van der Waals surface area contributed by atoms with Gasteiger partial charge < -0.3 is 25.4 Å². The van der Waals surface area contributed by atoms with E-state index in [2.05, 4.69) is 15.5 Å². The number of amides is 2. The lowest BCUT2D eigenvalue weighted by atomic mass is 9.97. The number of piperidine rings is 1. The number of carbonyl (C=O) groups excluding carboxylic acids is 2. The fraction of sp³-hybridized carbons (Fsp3) is 0.417. The van der Waals surface area contributed by atoms with Crippen LogP contribution in [0, 0.1) is 5.92 Å². The van der Waals surface area contributed by atoms with Gasteiger partial charge in [-0.25, -0.2) is 9.59 Å². The molecule has 0 radical (unpaired) electrons. The monoisotopic (exact) mass is 440 g/mol. The Morgan fingerprint density at radius 1 is 1.03 bits per heavy atom. The predicted molar refractivity (Wildman–Crippen MR) is 124 cm³/mol. The lowest BCUT2D eigenvalue weighted by Gasteiger charge is -2.33. The summed E-state index contributed by atoms with van der Waals surface area (Å²) in [6.07, 6.45) is 0.976. The molecule has 1 heterocycles. The first kappa shape index (κ1) is 23.4. The van der Waals surface area contributed by atoms with Crippen LogP contribution in [0.2, 0.25) is 0 Å². The van der Waals surface area contributed by atoms with Gasteiger partial charge in [-0.3, -0.25) is 5.32 Å². The number of likely N-dealkylation sites (tertiary alicyclic amines) is 1. The van der Waals surface area contributed by atoms with E-state index in [1.54, 1.807) is 18.2 Å². The van der Waals surface area contributed by atoms with E-state index in [1.807, 2.05) is 43.3 Å². The van der Waals surface area contributed by atoms with Gasteiger partial charge >= 0.3 is 12.2 Å². The third-order valence-electron chi connectivity index (χ3n) is 5.46. The van der Waals surface area contributed by atoms with Crippen molar-refractivity contribution >= 4 is 23.6 Å². The zero-order valence-corrected chi connectivity index (χ0v) is 18.5. The predicted octanol–water partition coefficient (Wildman–Crippen LogP) is 3.84. The van der Waals surface area contributed by atoms with Crippen LogP contribution >= 0.6 is 0 Å². The quantitative estimate of drug-likeness (QED) is 0.539. The molecule has 1 atom stereocenters. The summed E-state index contributed by atoms with van der Waals surface area (Å²) >= 11 is 0. The van der Waals surface area contributed by atoms with Crippen LogP contribution in [0.5, 0.6) is 0 Å². The van der Waals surface area contributed by atoms with Crippen molar-refractivity contribution in [1.29, 1.82) is 0 Å². The highest BCUT2D eigenvalue weighted by atomic mass is 16.6. The molecule has 4 N–H and O–H groups in total. The minimum atomic E-state index is -0.489. The maximum Gasteiger partial charge on any atom is 0.411 e. The molecule has 2 aromatic carbocycles. The number of ether oxygens (including phenoxy) is 2. The molecule has 0 unspecified atom stereocenters. The molecule has 1 aliphatic heterocycles. The molecule has 0 bridgehead atoms. The van der Waals surface area contributed by atoms with Crippen LogP contribution in [0.3, 0.4) is 0 Å². The number of nitrogens with two attached hydrogens (primary N) is 1. The van der Waals surface area contributed by atoms with Crippen molar-refractivity contribution in [2.24, 2.45) is 5.92 Å². The highest BCUT2D eigenvalue weighted by molar-refractivity contribution is 5.88. The van der Waals surface area contributed by atoms with Crippen molar-refractivity contribution in [3.05, 3.63) is 60.2 Å². The van der Waals surface area contributed by atoms with Crippen LogP contribution in [0.25, 0.3) is 0 Å². The number of hydrogen-bond acceptors (Lipinski definition) is 6. The molecule has 1 aliphatic rings. The van der Waals surface area contributed by atoms with Gasteiger partial charge in [0, 0.05) is 12.6 Å². The van der Waals surface area contributed by atoms with Crippen molar-refractivity contribution in [1.82, 2.24) is 10.2 Å². The maximum atomic E-state index is 12.0. The normalized spacial score (nSPS) is 15.5. The second kappa shape index (κ2) is 12.0.